The molecule has 0 amide bonds. The lowest BCUT2D eigenvalue weighted by atomic mass is 10.0. The fraction of sp³-hybridized carbons (Fsp3) is 0.600. The Morgan fingerprint density at radius 1 is 1.39 bits per heavy atom. The molecule has 1 aromatic rings. The Hall–Kier alpha value is -0.900. The Morgan fingerprint density at radius 2 is 2.17 bits per heavy atom. The molecule has 2 rings (SSSR count). The summed E-state index contributed by atoms with van der Waals surface area (Å²) in [6.07, 6.45) is 0. The van der Waals surface area contributed by atoms with Gasteiger partial charge in [-0.1, -0.05) is 37.3 Å². The van der Waals surface area contributed by atoms with Crippen molar-refractivity contribution in [1.82, 2.24) is 10.2 Å². The lowest BCUT2D eigenvalue weighted by molar-refractivity contribution is -0.0224. The Balaban J connectivity index is 2.13. The van der Waals surface area contributed by atoms with Crippen LogP contribution in [-0.2, 0) is 4.74 Å². The third-order valence-electron chi connectivity index (χ3n) is 3.59. The molecule has 0 radical (unpaired) electrons. The van der Waals surface area contributed by atoms with Gasteiger partial charge in [0.25, 0.3) is 0 Å². The van der Waals surface area contributed by atoms with Crippen molar-refractivity contribution in [3.8, 4) is 0 Å². The summed E-state index contributed by atoms with van der Waals surface area (Å²) in [5, 5.41) is 3.48. The standard InChI is InChI=1S/C15H24N2O/c1-3-16-11-15(14-7-5-4-6-8-14)17-9-10-18-12-13(17)2/h4-8,13,15-16H,3,9-12H2,1-2H3. The fourth-order valence-corrected chi connectivity index (χ4v) is 2.59. The molecule has 2 atom stereocenters. The lowest BCUT2D eigenvalue weighted by Crippen LogP contribution is -2.48. The van der Waals surface area contributed by atoms with Crippen LogP contribution in [0.3, 0.4) is 0 Å². The van der Waals surface area contributed by atoms with E-state index in [9.17, 15) is 0 Å². The van der Waals surface area contributed by atoms with E-state index in [4.69, 9.17) is 4.74 Å². The van der Waals surface area contributed by atoms with Crippen LogP contribution in [0, 0.1) is 0 Å². The van der Waals surface area contributed by atoms with Crippen molar-refractivity contribution in [3.05, 3.63) is 35.9 Å². The number of hydrogen-bond donors (Lipinski definition) is 1. The van der Waals surface area contributed by atoms with E-state index in [1.54, 1.807) is 0 Å². The highest BCUT2D eigenvalue weighted by Crippen LogP contribution is 2.24. The van der Waals surface area contributed by atoms with Gasteiger partial charge in [0, 0.05) is 25.2 Å². The highest BCUT2D eigenvalue weighted by molar-refractivity contribution is 5.20. The van der Waals surface area contributed by atoms with E-state index in [0.717, 1.165) is 32.8 Å². The van der Waals surface area contributed by atoms with E-state index in [1.165, 1.54) is 5.56 Å². The Bertz CT molecular complexity index is 342. The van der Waals surface area contributed by atoms with Crippen molar-refractivity contribution in [2.45, 2.75) is 25.9 Å². The number of nitrogens with zero attached hydrogens (tertiary/aromatic N) is 1. The first-order valence-corrected chi connectivity index (χ1v) is 6.92. The Morgan fingerprint density at radius 3 is 2.83 bits per heavy atom. The molecule has 3 nitrogen and oxygen atoms in total. The molecule has 100 valence electrons. The predicted molar refractivity (Wildman–Crippen MR) is 74.7 cm³/mol. The summed E-state index contributed by atoms with van der Waals surface area (Å²) in [6, 6.07) is 11.7. The zero-order valence-corrected chi connectivity index (χ0v) is 11.4. The maximum atomic E-state index is 5.54. The summed E-state index contributed by atoms with van der Waals surface area (Å²) in [4.78, 5) is 2.56. The minimum atomic E-state index is 0.449. The van der Waals surface area contributed by atoms with Gasteiger partial charge >= 0.3 is 0 Å². The highest BCUT2D eigenvalue weighted by Gasteiger charge is 2.27. The second-order valence-corrected chi connectivity index (χ2v) is 4.90. The molecule has 0 spiro atoms. The van der Waals surface area contributed by atoms with E-state index >= 15 is 0 Å². The molecule has 1 aromatic carbocycles. The molecule has 2 unspecified atom stereocenters. The summed E-state index contributed by atoms with van der Waals surface area (Å²) < 4.78 is 5.54. The van der Waals surface area contributed by atoms with Crippen molar-refractivity contribution in [2.75, 3.05) is 32.8 Å². The molecule has 1 fully saturated rings. The lowest BCUT2D eigenvalue weighted by Gasteiger charge is -2.39. The predicted octanol–water partition coefficient (Wildman–Crippen LogP) is 2.06. The largest absolute Gasteiger partial charge is 0.379 e. The number of benzene rings is 1. The SMILES string of the molecule is CCNCC(c1ccccc1)N1CCOCC1C. The Kier molecular flexibility index (Phi) is 5.17. The maximum absolute atomic E-state index is 5.54. The monoisotopic (exact) mass is 248 g/mol. The first-order valence-electron chi connectivity index (χ1n) is 6.92. The van der Waals surface area contributed by atoms with E-state index in [0.29, 0.717) is 12.1 Å². The molecule has 0 bridgehead atoms. The quantitative estimate of drug-likeness (QED) is 0.863. The van der Waals surface area contributed by atoms with Gasteiger partial charge in [-0.2, -0.15) is 0 Å². The molecule has 0 aromatic heterocycles. The van der Waals surface area contributed by atoms with Gasteiger partial charge in [0.1, 0.15) is 0 Å². The maximum Gasteiger partial charge on any atom is 0.0620 e. The molecule has 3 heteroatoms. The summed E-state index contributed by atoms with van der Waals surface area (Å²) in [5.74, 6) is 0. The van der Waals surface area contributed by atoms with Gasteiger partial charge in [-0.05, 0) is 19.0 Å². The summed E-state index contributed by atoms with van der Waals surface area (Å²) in [6.45, 7) is 9.14. The zero-order valence-electron chi connectivity index (χ0n) is 11.4. The number of nitrogens with one attached hydrogen (secondary N) is 1. The second-order valence-electron chi connectivity index (χ2n) is 4.90. The number of ether oxygens (including phenoxy) is 1. The van der Waals surface area contributed by atoms with Gasteiger partial charge in [-0.3, -0.25) is 4.90 Å². The average molecular weight is 248 g/mol. The first kappa shape index (κ1) is 13.5. The summed E-state index contributed by atoms with van der Waals surface area (Å²) in [5.41, 5.74) is 1.40. The molecular weight excluding hydrogens is 224 g/mol. The molecule has 1 N–H and O–H groups in total. The van der Waals surface area contributed by atoms with Gasteiger partial charge in [0.2, 0.25) is 0 Å². The fourth-order valence-electron chi connectivity index (χ4n) is 2.59. The number of likely N-dealkylation sites (N-methyl/N-ethyl adjacent to an activating group) is 1. The second kappa shape index (κ2) is 6.88. The van der Waals surface area contributed by atoms with Crippen LogP contribution in [0.2, 0.25) is 0 Å². The van der Waals surface area contributed by atoms with Gasteiger partial charge < -0.3 is 10.1 Å². The topological polar surface area (TPSA) is 24.5 Å². The number of hydrogen-bond acceptors (Lipinski definition) is 3. The molecule has 0 saturated carbocycles. The normalized spacial score (nSPS) is 22.9. The molecule has 1 aliphatic rings. The summed E-state index contributed by atoms with van der Waals surface area (Å²) >= 11 is 0. The van der Waals surface area contributed by atoms with E-state index in [1.807, 2.05) is 0 Å². The van der Waals surface area contributed by atoms with Crippen LogP contribution in [0.1, 0.15) is 25.5 Å². The highest BCUT2D eigenvalue weighted by atomic mass is 16.5. The Labute approximate surface area is 110 Å². The number of morpholine rings is 1. The molecular formula is C15H24N2O. The van der Waals surface area contributed by atoms with Crippen molar-refractivity contribution in [1.29, 1.82) is 0 Å². The van der Waals surface area contributed by atoms with Crippen molar-refractivity contribution < 1.29 is 4.74 Å². The van der Waals surface area contributed by atoms with Crippen LogP contribution in [0.15, 0.2) is 30.3 Å². The number of rotatable bonds is 5. The third-order valence-corrected chi connectivity index (χ3v) is 3.59. The smallest absolute Gasteiger partial charge is 0.0620 e. The van der Waals surface area contributed by atoms with Crippen LogP contribution in [0.25, 0.3) is 0 Å². The van der Waals surface area contributed by atoms with Gasteiger partial charge in [0.15, 0.2) is 0 Å². The van der Waals surface area contributed by atoms with Crippen molar-refractivity contribution in [2.24, 2.45) is 0 Å². The van der Waals surface area contributed by atoms with Crippen molar-refractivity contribution in [3.63, 3.8) is 0 Å². The minimum Gasteiger partial charge on any atom is -0.379 e. The molecule has 1 heterocycles. The minimum absolute atomic E-state index is 0.449. The molecule has 1 saturated heterocycles. The van der Waals surface area contributed by atoms with E-state index in [-0.39, 0.29) is 0 Å². The molecule has 18 heavy (non-hydrogen) atoms. The van der Waals surface area contributed by atoms with Gasteiger partial charge in [0.05, 0.1) is 13.2 Å². The van der Waals surface area contributed by atoms with Crippen LogP contribution in [0.5, 0.6) is 0 Å². The van der Waals surface area contributed by atoms with E-state index in [2.05, 4.69) is 54.4 Å². The average Bonchev–Trinajstić information content (AvgIpc) is 2.42. The first-order chi connectivity index (χ1) is 8.83. The zero-order chi connectivity index (χ0) is 12.8. The van der Waals surface area contributed by atoms with Crippen LogP contribution < -0.4 is 5.32 Å². The summed E-state index contributed by atoms with van der Waals surface area (Å²) in [7, 11) is 0. The third kappa shape index (κ3) is 3.31. The van der Waals surface area contributed by atoms with Crippen LogP contribution in [0.4, 0.5) is 0 Å². The van der Waals surface area contributed by atoms with Crippen LogP contribution in [-0.4, -0.2) is 43.8 Å². The molecule has 0 aliphatic carbocycles. The van der Waals surface area contributed by atoms with Gasteiger partial charge in [-0.15, -0.1) is 0 Å². The molecule has 1 aliphatic heterocycles. The van der Waals surface area contributed by atoms with Crippen LogP contribution >= 0.6 is 0 Å². The van der Waals surface area contributed by atoms with Gasteiger partial charge in [-0.25, -0.2) is 0 Å². The van der Waals surface area contributed by atoms with E-state index < -0.39 is 0 Å². The van der Waals surface area contributed by atoms with Crippen molar-refractivity contribution >= 4 is 0 Å².